The van der Waals surface area contributed by atoms with Crippen LogP contribution in [0, 0.1) is 6.92 Å². The van der Waals surface area contributed by atoms with Gasteiger partial charge in [0, 0.05) is 24.2 Å². The highest BCUT2D eigenvalue weighted by atomic mass is 32.1. The van der Waals surface area contributed by atoms with Gasteiger partial charge in [0.1, 0.15) is 16.2 Å². The number of nitrogens with one attached hydrogen (secondary N) is 1. The Morgan fingerprint density at radius 3 is 2.36 bits per heavy atom. The number of piperidine rings is 1. The third-order valence-electron chi connectivity index (χ3n) is 4.43. The van der Waals surface area contributed by atoms with Crippen molar-refractivity contribution >= 4 is 33.9 Å². The summed E-state index contributed by atoms with van der Waals surface area (Å²) in [5.74, 6) is 1.05. The summed E-state index contributed by atoms with van der Waals surface area (Å²) in [5, 5.41) is 4.82. The number of amides is 1. The highest BCUT2D eigenvalue weighted by molar-refractivity contribution is 7.18. The minimum Gasteiger partial charge on any atom is -0.372 e. The topological polar surface area (TPSA) is 84.1 Å². The second-order valence-electron chi connectivity index (χ2n) is 7.93. The number of pyridine rings is 1. The smallest absolute Gasteiger partial charge is 0.204 e. The first kappa shape index (κ1) is 19.6. The molecule has 2 aromatic heterocycles. The van der Waals surface area contributed by atoms with Crippen molar-refractivity contribution in [2.45, 2.75) is 64.6 Å². The molecule has 1 amide bonds. The summed E-state index contributed by atoms with van der Waals surface area (Å²) < 4.78 is 0. The van der Waals surface area contributed by atoms with E-state index >= 15 is 0 Å². The van der Waals surface area contributed by atoms with Gasteiger partial charge >= 0.3 is 0 Å². The van der Waals surface area contributed by atoms with E-state index in [-0.39, 0.29) is 17.5 Å². The van der Waals surface area contributed by atoms with Crippen LogP contribution in [0.15, 0.2) is 12.1 Å². The van der Waals surface area contributed by atoms with Crippen molar-refractivity contribution in [3.05, 3.63) is 17.1 Å². The average Bonchev–Trinajstić information content (AvgIpc) is 2.83. The zero-order chi connectivity index (χ0) is 18.8. The highest BCUT2D eigenvalue weighted by Gasteiger charge is 2.39. The Kier molecular flexibility index (Phi) is 5.68. The largest absolute Gasteiger partial charge is 0.372 e. The van der Waals surface area contributed by atoms with Crippen molar-refractivity contribution < 1.29 is 4.79 Å². The Labute approximate surface area is 153 Å². The van der Waals surface area contributed by atoms with Crippen molar-refractivity contribution in [3.63, 3.8) is 0 Å². The summed E-state index contributed by atoms with van der Waals surface area (Å²) in [5.41, 5.74) is 5.46. The maximum Gasteiger partial charge on any atom is 0.204 e. The van der Waals surface area contributed by atoms with E-state index in [1.807, 2.05) is 6.92 Å². The quantitative estimate of drug-likeness (QED) is 0.802. The first-order chi connectivity index (χ1) is 11.6. The summed E-state index contributed by atoms with van der Waals surface area (Å²) in [4.78, 5) is 21.3. The van der Waals surface area contributed by atoms with Crippen LogP contribution < -0.4 is 16.0 Å². The lowest BCUT2D eigenvalue weighted by Crippen LogP contribution is -2.62. The molecule has 3 heterocycles. The fraction of sp³-hybridized carbons (Fsp3) is 0.611. The molecule has 3 rings (SSSR count). The van der Waals surface area contributed by atoms with E-state index in [0.717, 1.165) is 34.0 Å². The van der Waals surface area contributed by atoms with Crippen LogP contribution in [0.3, 0.4) is 0 Å². The monoisotopic (exact) mass is 363 g/mol. The summed E-state index contributed by atoms with van der Waals surface area (Å²) >= 11 is 1.67. The lowest BCUT2D eigenvalue weighted by atomic mass is 9.79. The molecule has 138 valence electrons. The van der Waals surface area contributed by atoms with Crippen molar-refractivity contribution in [1.82, 2.24) is 15.3 Å². The molecule has 6 nitrogen and oxygen atoms in total. The van der Waals surface area contributed by atoms with Crippen LogP contribution in [0.4, 0.5) is 5.82 Å². The first-order valence-electron chi connectivity index (χ1n) is 8.49. The molecule has 1 aliphatic rings. The van der Waals surface area contributed by atoms with Gasteiger partial charge < -0.3 is 16.0 Å². The minimum atomic E-state index is 0.145. The second kappa shape index (κ2) is 7.25. The summed E-state index contributed by atoms with van der Waals surface area (Å²) in [6.45, 7) is 11.2. The molecule has 3 N–H and O–H groups in total. The Morgan fingerprint density at radius 1 is 1.24 bits per heavy atom. The van der Waals surface area contributed by atoms with Gasteiger partial charge in [0.25, 0.3) is 0 Å². The molecule has 1 aliphatic heterocycles. The number of rotatable bonds is 2. The van der Waals surface area contributed by atoms with Gasteiger partial charge in [-0.1, -0.05) is 11.3 Å². The Balaban J connectivity index is 0.000000701. The highest BCUT2D eigenvalue weighted by Crippen LogP contribution is 2.33. The molecule has 0 aromatic carbocycles. The minimum absolute atomic E-state index is 0.145. The molecule has 0 radical (unpaired) electrons. The van der Waals surface area contributed by atoms with Gasteiger partial charge in [0.05, 0.1) is 5.01 Å². The number of fused-ring (bicyclic) bond motifs is 1. The molecule has 0 atom stereocenters. The summed E-state index contributed by atoms with van der Waals surface area (Å²) in [7, 11) is 2.17. The summed E-state index contributed by atoms with van der Waals surface area (Å²) in [6.07, 6.45) is 2.49. The zero-order valence-corrected chi connectivity index (χ0v) is 16.8. The van der Waals surface area contributed by atoms with E-state index in [0.29, 0.717) is 6.04 Å². The van der Waals surface area contributed by atoms with E-state index in [1.165, 1.54) is 0 Å². The molecular weight excluding hydrogens is 334 g/mol. The number of thiazole rings is 1. The lowest BCUT2D eigenvalue weighted by Gasteiger charge is -2.49. The number of nitrogens with zero attached hydrogens (tertiary/aromatic N) is 3. The summed E-state index contributed by atoms with van der Waals surface area (Å²) in [6, 6.07) is 4.68. The van der Waals surface area contributed by atoms with Crippen molar-refractivity contribution in [3.8, 4) is 0 Å². The molecule has 0 bridgehead atoms. The molecule has 1 fully saturated rings. The predicted molar refractivity (Wildman–Crippen MR) is 105 cm³/mol. The number of primary amides is 1. The van der Waals surface area contributed by atoms with Crippen molar-refractivity contribution in [1.29, 1.82) is 0 Å². The number of nitrogens with two attached hydrogens (primary N) is 1. The number of anilines is 1. The van der Waals surface area contributed by atoms with Crippen LogP contribution in [-0.4, -0.2) is 40.5 Å². The third kappa shape index (κ3) is 4.89. The van der Waals surface area contributed by atoms with Crippen LogP contribution in [0.1, 0.15) is 45.5 Å². The number of hydrogen-bond acceptors (Lipinski definition) is 6. The van der Waals surface area contributed by atoms with Gasteiger partial charge in [-0.25, -0.2) is 9.97 Å². The zero-order valence-electron chi connectivity index (χ0n) is 16.0. The number of aromatic nitrogens is 2. The molecule has 2 aromatic rings. The molecule has 0 aliphatic carbocycles. The predicted octanol–water partition coefficient (Wildman–Crippen LogP) is 2.85. The molecule has 0 spiro atoms. The van der Waals surface area contributed by atoms with Gasteiger partial charge in [-0.3, -0.25) is 4.79 Å². The fourth-order valence-corrected chi connectivity index (χ4v) is 4.62. The van der Waals surface area contributed by atoms with Crippen LogP contribution in [0.5, 0.6) is 0 Å². The maximum absolute atomic E-state index is 8.58. The molecule has 1 saturated heterocycles. The Morgan fingerprint density at radius 2 is 1.80 bits per heavy atom. The van der Waals surface area contributed by atoms with Gasteiger partial charge in [-0.2, -0.15) is 0 Å². The SMILES string of the molecule is Cc1nc2ccc(N(C)C3CC(C)(C)NC(C)(C)C3)nc2s1.NC=O. The van der Waals surface area contributed by atoms with E-state index < -0.39 is 0 Å². The second-order valence-corrected chi connectivity index (χ2v) is 9.11. The van der Waals surface area contributed by atoms with Crippen LogP contribution >= 0.6 is 11.3 Å². The van der Waals surface area contributed by atoms with E-state index in [4.69, 9.17) is 9.78 Å². The number of carbonyl (C=O) groups is 1. The lowest BCUT2D eigenvalue weighted by molar-refractivity contribution is -0.106. The molecule has 0 unspecified atom stereocenters. The maximum atomic E-state index is 8.58. The van der Waals surface area contributed by atoms with Gasteiger partial charge in [0.15, 0.2) is 0 Å². The normalized spacial score (nSPS) is 19.1. The molecular formula is C18H29N5OS. The number of hydrogen-bond donors (Lipinski definition) is 2. The standard InChI is InChI=1S/C17H26N4S.CH3NO/c1-11-18-13-7-8-14(19-15(13)22-11)21(6)12-9-16(2,3)20-17(4,5)10-12;2-1-3/h7-8,12,20H,9-10H2,1-6H3;1H,(H2,2,3). The van der Waals surface area contributed by atoms with Crippen molar-refractivity contribution in [2.75, 3.05) is 11.9 Å². The van der Waals surface area contributed by atoms with Crippen LogP contribution in [0.25, 0.3) is 10.3 Å². The Hall–Kier alpha value is -1.73. The molecule has 25 heavy (non-hydrogen) atoms. The first-order valence-corrected chi connectivity index (χ1v) is 9.30. The molecule has 0 saturated carbocycles. The number of aryl methyl sites for hydroxylation is 1. The number of carbonyl (C=O) groups excluding carboxylic acids is 1. The van der Waals surface area contributed by atoms with Gasteiger partial charge in [0.2, 0.25) is 6.41 Å². The van der Waals surface area contributed by atoms with Crippen molar-refractivity contribution in [2.24, 2.45) is 5.73 Å². The van der Waals surface area contributed by atoms with Crippen LogP contribution in [-0.2, 0) is 4.79 Å². The average molecular weight is 364 g/mol. The third-order valence-corrected chi connectivity index (χ3v) is 5.31. The Bertz CT molecular complexity index is 724. The van der Waals surface area contributed by atoms with Gasteiger partial charge in [-0.15, -0.1) is 0 Å². The van der Waals surface area contributed by atoms with E-state index in [1.54, 1.807) is 11.3 Å². The van der Waals surface area contributed by atoms with E-state index in [9.17, 15) is 0 Å². The fourth-order valence-electron chi connectivity index (χ4n) is 3.84. The van der Waals surface area contributed by atoms with Crippen LogP contribution in [0.2, 0.25) is 0 Å². The van der Waals surface area contributed by atoms with Gasteiger partial charge in [-0.05, 0) is 59.6 Å². The molecule has 7 heteroatoms. The van der Waals surface area contributed by atoms with E-state index in [2.05, 4.69) is 67.8 Å².